The van der Waals surface area contributed by atoms with Gasteiger partial charge in [-0.05, 0) is 25.5 Å². The van der Waals surface area contributed by atoms with E-state index < -0.39 is 0 Å². The number of benzene rings is 1. The smallest absolute Gasteiger partial charge is 0.241 e. The summed E-state index contributed by atoms with van der Waals surface area (Å²) in [6.07, 6.45) is 0. The normalized spacial score (nSPS) is 12.6. The maximum absolute atomic E-state index is 8.84. The van der Waals surface area contributed by atoms with Crippen LogP contribution in [0.1, 0.15) is 38.1 Å². The first-order valence-corrected chi connectivity index (χ1v) is 7.50. The van der Waals surface area contributed by atoms with Crippen molar-refractivity contribution in [2.75, 3.05) is 13.6 Å². The molecule has 0 bridgehead atoms. The van der Waals surface area contributed by atoms with Gasteiger partial charge in [-0.15, -0.1) is 0 Å². The number of nitrogens with zero attached hydrogens (tertiary/aromatic N) is 4. The molecule has 5 heteroatoms. The molecule has 0 radical (unpaired) electrons. The van der Waals surface area contributed by atoms with E-state index in [1.54, 1.807) is 0 Å². The minimum Gasteiger partial charge on any atom is -0.338 e. The van der Waals surface area contributed by atoms with Crippen LogP contribution < -0.4 is 0 Å². The van der Waals surface area contributed by atoms with E-state index in [-0.39, 0.29) is 5.92 Å². The molecular weight excluding hydrogens is 276 g/mol. The Morgan fingerprint density at radius 1 is 1.23 bits per heavy atom. The molecule has 0 amide bonds. The summed E-state index contributed by atoms with van der Waals surface area (Å²) < 4.78 is 5.30. The van der Waals surface area contributed by atoms with Gasteiger partial charge in [-0.2, -0.15) is 10.2 Å². The van der Waals surface area contributed by atoms with Crippen molar-refractivity contribution in [3.05, 3.63) is 35.7 Å². The van der Waals surface area contributed by atoms with E-state index in [1.807, 2.05) is 31.0 Å². The summed E-state index contributed by atoms with van der Waals surface area (Å²) >= 11 is 0. The van der Waals surface area contributed by atoms with Crippen LogP contribution in [0.4, 0.5) is 0 Å². The molecule has 0 aliphatic rings. The number of hydrogen-bond donors (Lipinski definition) is 0. The van der Waals surface area contributed by atoms with Gasteiger partial charge < -0.3 is 4.52 Å². The summed E-state index contributed by atoms with van der Waals surface area (Å²) in [6, 6.07) is 10.4. The van der Waals surface area contributed by atoms with Crippen molar-refractivity contribution in [3.63, 3.8) is 0 Å². The molecule has 0 unspecified atom stereocenters. The molecule has 0 N–H and O–H groups in total. The number of rotatable bonds is 6. The molecule has 1 aromatic heterocycles. The summed E-state index contributed by atoms with van der Waals surface area (Å²) in [6.45, 7) is 7.45. The van der Waals surface area contributed by atoms with E-state index in [2.05, 4.69) is 42.2 Å². The van der Waals surface area contributed by atoms with Crippen molar-refractivity contribution in [2.24, 2.45) is 5.92 Å². The summed E-state index contributed by atoms with van der Waals surface area (Å²) in [5, 5.41) is 12.9. The first kappa shape index (κ1) is 16.2. The SMILES string of the molecule is CC(C)c1ccc(-c2noc(CN(C)C[C@@H](C)C#N)n2)cc1. The van der Waals surface area contributed by atoms with Gasteiger partial charge in [0.2, 0.25) is 11.7 Å². The molecule has 1 heterocycles. The van der Waals surface area contributed by atoms with E-state index in [1.165, 1.54) is 5.56 Å². The molecule has 1 aromatic carbocycles. The molecule has 0 fully saturated rings. The van der Waals surface area contributed by atoms with Crippen LogP contribution in [0.3, 0.4) is 0 Å². The summed E-state index contributed by atoms with van der Waals surface area (Å²) in [5.41, 5.74) is 2.24. The Hall–Kier alpha value is -2.19. The lowest BCUT2D eigenvalue weighted by Gasteiger charge is -2.14. The van der Waals surface area contributed by atoms with Crippen LogP contribution in [0.2, 0.25) is 0 Å². The summed E-state index contributed by atoms with van der Waals surface area (Å²) in [7, 11) is 1.94. The van der Waals surface area contributed by atoms with Gasteiger partial charge in [-0.1, -0.05) is 43.3 Å². The molecule has 22 heavy (non-hydrogen) atoms. The van der Waals surface area contributed by atoms with E-state index >= 15 is 0 Å². The zero-order valence-electron chi connectivity index (χ0n) is 13.6. The molecule has 116 valence electrons. The fourth-order valence-electron chi connectivity index (χ4n) is 2.26. The van der Waals surface area contributed by atoms with Gasteiger partial charge in [0.05, 0.1) is 18.5 Å². The molecule has 2 rings (SSSR count). The third-order valence-electron chi connectivity index (χ3n) is 3.51. The molecule has 0 saturated heterocycles. The third kappa shape index (κ3) is 4.15. The minimum atomic E-state index is -0.0176. The topological polar surface area (TPSA) is 66.0 Å². The summed E-state index contributed by atoms with van der Waals surface area (Å²) in [4.78, 5) is 6.43. The Morgan fingerprint density at radius 3 is 2.50 bits per heavy atom. The first-order chi connectivity index (χ1) is 10.5. The average Bonchev–Trinajstić information content (AvgIpc) is 2.95. The van der Waals surface area contributed by atoms with Gasteiger partial charge in [0, 0.05) is 12.1 Å². The zero-order valence-corrected chi connectivity index (χ0v) is 13.6. The number of nitriles is 1. The average molecular weight is 298 g/mol. The van der Waals surface area contributed by atoms with Crippen LogP contribution in [0.25, 0.3) is 11.4 Å². The largest absolute Gasteiger partial charge is 0.338 e. The standard InChI is InChI=1S/C17H22N4O/c1-12(2)14-5-7-15(8-6-14)17-19-16(22-20-17)11-21(4)10-13(3)9-18/h5-8,12-13H,10-11H2,1-4H3/t13-/m0/s1. The van der Waals surface area contributed by atoms with Crippen molar-refractivity contribution >= 4 is 0 Å². The Morgan fingerprint density at radius 2 is 1.91 bits per heavy atom. The fourth-order valence-corrected chi connectivity index (χ4v) is 2.26. The molecule has 0 aliphatic heterocycles. The fraction of sp³-hybridized carbons (Fsp3) is 0.471. The monoisotopic (exact) mass is 298 g/mol. The highest BCUT2D eigenvalue weighted by molar-refractivity contribution is 5.54. The molecular formula is C17H22N4O. The van der Waals surface area contributed by atoms with Crippen LogP contribution in [0.5, 0.6) is 0 Å². The maximum atomic E-state index is 8.84. The van der Waals surface area contributed by atoms with Crippen LogP contribution in [-0.2, 0) is 6.54 Å². The lowest BCUT2D eigenvalue weighted by molar-refractivity contribution is 0.253. The van der Waals surface area contributed by atoms with Crippen molar-refractivity contribution in [1.29, 1.82) is 5.26 Å². The highest BCUT2D eigenvalue weighted by Gasteiger charge is 2.12. The van der Waals surface area contributed by atoms with E-state index in [4.69, 9.17) is 9.78 Å². The second-order valence-electron chi connectivity index (χ2n) is 6.02. The van der Waals surface area contributed by atoms with Gasteiger partial charge in [-0.25, -0.2) is 0 Å². The van der Waals surface area contributed by atoms with E-state index in [9.17, 15) is 0 Å². The Kier molecular flexibility index (Phi) is 5.29. The molecule has 0 saturated carbocycles. The van der Waals surface area contributed by atoms with Gasteiger partial charge >= 0.3 is 0 Å². The quantitative estimate of drug-likeness (QED) is 0.817. The van der Waals surface area contributed by atoms with Gasteiger partial charge in [-0.3, -0.25) is 4.90 Å². The second-order valence-corrected chi connectivity index (χ2v) is 6.02. The second kappa shape index (κ2) is 7.19. The van der Waals surface area contributed by atoms with Gasteiger partial charge in [0.15, 0.2) is 0 Å². The van der Waals surface area contributed by atoms with Crippen LogP contribution in [0.15, 0.2) is 28.8 Å². The summed E-state index contributed by atoms with van der Waals surface area (Å²) in [5.74, 6) is 1.66. The van der Waals surface area contributed by atoms with Crippen LogP contribution in [-0.4, -0.2) is 28.6 Å². The highest BCUT2D eigenvalue weighted by atomic mass is 16.5. The molecule has 5 nitrogen and oxygen atoms in total. The minimum absolute atomic E-state index is 0.0176. The van der Waals surface area contributed by atoms with Crippen molar-refractivity contribution in [1.82, 2.24) is 15.0 Å². The Labute approximate surface area is 131 Å². The van der Waals surface area contributed by atoms with Crippen LogP contribution >= 0.6 is 0 Å². The number of hydrogen-bond acceptors (Lipinski definition) is 5. The lowest BCUT2D eigenvalue weighted by atomic mass is 10.0. The van der Waals surface area contributed by atoms with Gasteiger partial charge in [0.1, 0.15) is 0 Å². The lowest BCUT2D eigenvalue weighted by Crippen LogP contribution is -2.23. The molecule has 0 aliphatic carbocycles. The van der Waals surface area contributed by atoms with Crippen LogP contribution in [0, 0.1) is 17.2 Å². The molecule has 2 aromatic rings. The third-order valence-corrected chi connectivity index (χ3v) is 3.51. The predicted molar refractivity (Wildman–Crippen MR) is 84.9 cm³/mol. The van der Waals surface area contributed by atoms with Crippen molar-refractivity contribution < 1.29 is 4.52 Å². The van der Waals surface area contributed by atoms with Gasteiger partial charge in [0.25, 0.3) is 0 Å². The maximum Gasteiger partial charge on any atom is 0.241 e. The van der Waals surface area contributed by atoms with E-state index in [0.717, 1.165) is 5.56 Å². The first-order valence-electron chi connectivity index (χ1n) is 7.50. The molecule has 1 atom stereocenters. The van der Waals surface area contributed by atoms with E-state index in [0.29, 0.717) is 30.7 Å². The zero-order chi connectivity index (χ0) is 16.1. The number of aromatic nitrogens is 2. The predicted octanol–water partition coefficient (Wildman–Crippen LogP) is 3.45. The highest BCUT2D eigenvalue weighted by Crippen LogP contribution is 2.20. The Balaban J connectivity index is 2.03. The van der Waals surface area contributed by atoms with Crippen molar-refractivity contribution in [2.45, 2.75) is 33.2 Å². The van der Waals surface area contributed by atoms with Crippen molar-refractivity contribution in [3.8, 4) is 17.5 Å². The molecule has 0 spiro atoms. The Bertz CT molecular complexity index is 639.